The molecule has 4 heterocycles. The van der Waals surface area contributed by atoms with E-state index in [2.05, 4.69) is 91.2 Å². The number of rotatable bonds is 18. The second-order valence-corrected chi connectivity index (χ2v) is 17.5. The molecule has 0 amide bonds. The van der Waals surface area contributed by atoms with E-state index in [-0.39, 0.29) is 12.0 Å². The lowest BCUT2D eigenvalue weighted by Crippen LogP contribution is -2.40. The van der Waals surface area contributed by atoms with Crippen LogP contribution in [0.15, 0.2) is 126 Å². The Labute approximate surface area is 427 Å². The van der Waals surface area contributed by atoms with Crippen LogP contribution in [0.25, 0.3) is 0 Å². The summed E-state index contributed by atoms with van der Waals surface area (Å²) in [5, 5.41) is 19.2. The molecule has 7 rings (SSSR count). The molecule has 6 N–H and O–H groups in total. The average molecular weight is 988 g/mol. The first kappa shape index (κ1) is 61.4. The van der Waals surface area contributed by atoms with Gasteiger partial charge in [0.15, 0.2) is 12.4 Å². The fraction of sp³-hybridized carbons (Fsp3) is 0.500. The number of nitrogens with zero attached hydrogens (tertiary/aromatic N) is 3. The Kier molecular flexibility index (Phi) is 35.1. The van der Waals surface area contributed by atoms with Crippen LogP contribution in [-0.4, -0.2) is 117 Å². The highest BCUT2D eigenvalue weighted by Gasteiger charge is 2.19. The Morgan fingerprint density at radius 3 is 1.89 bits per heavy atom. The summed E-state index contributed by atoms with van der Waals surface area (Å²) in [6.07, 6.45) is 13.9. The SMILES string of the molecule is CCOC(=O)C(NC)c1ccccc1.CNC1CCN(Cc2ccccc2)CC1.CNCCCN1CCCCC1.CNCc1cc[n+](C)cc1.CNCc1ccc(OC)c(Cl)c1.CNCc1ccco1. The number of carbonyl (C=O) groups excluding carboxylic acids is 1. The average Bonchev–Trinajstić information content (AvgIpc) is 3.91. The topological polar surface area (TPSA) is 131 Å². The molecule has 5 aromatic rings. The molecule has 2 saturated heterocycles. The van der Waals surface area contributed by atoms with Gasteiger partial charge < -0.3 is 50.7 Å². The lowest BCUT2D eigenvalue weighted by atomic mass is 10.0. The van der Waals surface area contributed by atoms with E-state index in [9.17, 15) is 4.79 Å². The maximum atomic E-state index is 11.5. The summed E-state index contributed by atoms with van der Waals surface area (Å²) in [4.78, 5) is 16.6. The van der Waals surface area contributed by atoms with Crippen molar-refractivity contribution >= 4 is 17.6 Å². The van der Waals surface area contributed by atoms with Gasteiger partial charge in [0.25, 0.3) is 0 Å². The number of furan rings is 1. The van der Waals surface area contributed by atoms with Crippen LogP contribution in [0.5, 0.6) is 5.75 Å². The minimum absolute atomic E-state index is 0.235. The number of halogens is 1. The molecule has 3 aromatic carbocycles. The van der Waals surface area contributed by atoms with Gasteiger partial charge in [0.05, 0.1) is 31.5 Å². The van der Waals surface area contributed by atoms with E-state index in [1.165, 1.54) is 82.4 Å². The number of hydrogen-bond donors (Lipinski definition) is 6. The molecular weight excluding hydrogens is 898 g/mol. The van der Waals surface area contributed by atoms with E-state index in [1.807, 2.05) is 113 Å². The largest absolute Gasteiger partial charge is 0.495 e. The number of ether oxygens (including phenoxy) is 2. The summed E-state index contributed by atoms with van der Waals surface area (Å²) in [6, 6.07) is 34.4. The molecule has 70 heavy (non-hydrogen) atoms. The summed E-state index contributed by atoms with van der Waals surface area (Å²) in [5.74, 6) is 1.46. The Morgan fingerprint density at radius 1 is 0.729 bits per heavy atom. The van der Waals surface area contributed by atoms with Gasteiger partial charge in [-0.2, -0.15) is 0 Å². The number of esters is 1. The van der Waals surface area contributed by atoms with Crippen molar-refractivity contribution in [3.05, 3.63) is 155 Å². The van der Waals surface area contributed by atoms with Crippen LogP contribution in [-0.2, 0) is 42.8 Å². The normalized spacial score (nSPS) is 14.0. The fourth-order valence-corrected chi connectivity index (χ4v) is 7.92. The number of likely N-dealkylation sites (N-methyl/N-ethyl adjacent to an activating group) is 1. The number of nitrogens with one attached hydrogen (secondary N) is 6. The minimum Gasteiger partial charge on any atom is -0.495 e. The molecule has 13 nitrogen and oxygen atoms in total. The van der Waals surface area contributed by atoms with E-state index >= 15 is 0 Å². The number of likely N-dealkylation sites (tertiary alicyclic amines) is 2. The molecule has 0 bridgehead atoms. The summed E-state index contributed by atoms with van der Waals surface area (Å²) < 4.78 is 17.0. The third-order valence-electron chi connectivity index (χ3n) is 11.5. The fourth-order valence-electron chi connectivity index (χ4n) is 7.64. The van der Waals surface area contributed by atoms with Crippen LogP contribution in [0.3, 0.4) is 0 Å². The lowest BCUT2D eigenvalue weighted by molar-refractivity contribution is -0.671. The first-order valence-electron chi connectivity index (χ1n) is 25.1. The minimum atomic E-state index is -0.365. The third-order valence-corrected chi connectivity index (χ3v) is 11.8. The molecule has 1 unspecified atom stereocenters. The Hall–Kier alpha value is -4.67. The number of benzene rings is 3. The predicted molar refractivity (Wildman–Crippen MR) is 290 cm³/mol. The summed E-state index contributed by atoms with van der Waals surface area (Å²) in [6.45, 7) is 13.5. The van der Waals surface area contributed by atoms with Crippen molar-refractivity contribution in [2.24, 2.45) is 7.05 Å². The van der Waals surface area contributed by atoms with Crippen molar-refractivity contribution in [3.63, 3.8) is 0 Å². The number of pyridine rings is 1. The van der Waals surface area contributed by atoms with Crippen molar-refractivity contribution in [2.75, 3.05) is 95.3 Å². The molecule has 0 radical (unpaired) electrons. The van der Waals surface area contributed by atoms with Gasteiger partial charge in [-0.25, -0.2) is 9.36 Å². The highest BCUT2D eigenvalue weighted by molar-refractivity contribution is 6.32. The maximum absolute atomic E-state index is 11.5. The molecule has 2 aliphatic rings. The van der Waals surface area contributed by atoms with Gasteiger partial charge in [0, 0.05) is 37.8 Å². The second kappa shape index (κ2) is 40.0. The van der Waals surface area contributed by atoms with Crippen molar-refractivity contribution in [1.29, 1.82) is 0 Å². The molecule has 2 aromatic heterocycles. The van der Waals surface area contributed by atoms with Gasteiger partial charge in [-0.15, -0.1) is 0 Å². The van der Waals surface area contributed by atoms with E-state index in [0.717, 1.165) is 61.4 Å². The number of methoxy groups -OCH3 is 1. The quantitative estimate of drug-likeness (QED) is 0.0292. The summed E-state index contributed by atoms with van der Waals surface area (Å²) >= 11 is 5.91. The third kappa shape index (κ3) is 27.7. The monoisotopic (exact) mass is 987 g/mol. The molecule has 2 aliphatic heterocycles. The molecule has 1 atom stereocenters. The van der Waals surface area contributed by atoms with Crippen LogP contribution in [0, 0.1) is 0 Å². The highest BCUT2D eigenvalue weighted by Crippen LogP contribution is 2.24. The van der Waals surface area contributed by atoms with Gasteiger partial charge in [-0.05, 0) is 167 Å². The number of hydrogen-bond acceptors (Lipinski definition) is 12. The molecule has 14 heteroatoms. The number of aromatic nitrogens is 1. The van der Waals surface area contributed by atoms with Gasteiger partial charge in [-0.3, -0.25) is 4.90 Å². The number of carbonyl (C=O) groups is 1. The molecule has 388 valence electrons. The number of piperidine rings is 2. The highest BCUT2D eigenvalue weighted by atomic mass is 35.5. The van der Waals surface area contributed by atoms with E-state index < -0.39 is 0 Å². The van der Waals surface area contributed by atoms with Crippen molar-refractivity contribution in [2.45, 2.75) is 83.7 Å². The lowest BCUT2D eigenvalue weighted by Gasteiger charge is -2.31. The van der Waals surface area contributed by atoms with Gasteiger partial charge in [-0.1, -0.05) is 84.8 Å². The van der Waals surface area contributed by atoms with Crippen LogP contribution >= 0.6 is 11.6 Å². The molecular formula is C56H89ClN9O4+. The molecule has 2 fully saturated rings. The summed E-state index contributed by atoms with van der Waals surface area (Å²) in [5.41, 5.74) is 4.83. The van der Waals surface area contributed by atoms with Gasteiger partial charge >= 0.3 is 5.97 Å². The molecule has 0 aliphatic carbocycles. The van der Waals surface area contributed by atoms with E-state index in [1.54, 1.807) is 27.3 Å². The van der Waals surface area contributed by atoms with Crippen molar-refractivity contribution < 1.29 is 23.3 Å². The first-order chi connectivity index (χ1) is 34.1. The molecule has 0 spiro atoms. The van der Waals surface area contributed by atoms with Crippen molar-refractivity contribution in [1.82, 2.24) is 41.7 Å². The van der Waals surface area contributed by atoms with E-state index in [4.69, 9.17) is 25.5 Å². The van der Waals surface area contributed by atoms with Gasteiger partial charge in [0.1, 0.15) is 24.6 Å². The zero-order valence-corrected chi connectivity index (χ0v) is 44.8. The second-order valence-electron chi connectivity index (χ2n) is 17.1. The van der Waals surface area contributed by atoms with Crippen LogP contribution < -0.4 is 41.2 Å². The maximum Gasteiger partial charge on any atom is 0.327 e. The van der Waals surface area contributed by atoms with Gasteiger partial charge in [0.2, 0.25) is 0 Å². The van der Waals surface area contributed by atoms with Crippen LogP contribution in [0.4, 0.5) is 0 Å². The van der Waals surface area contributed by atoms with E-state index in [0.29, 0.717) is 11.6 Å². The predicted octanol–water partition coefficient (Wildman–Crippen LogP) is 7.76. The zero-order valence-electron chi connectivity index (χ0n) is 44.1. The number of aryl methyl sites for hydroxylation is 1. The first-order valence-corrected chi connectivity index (χ1v) is 25.4. The smallest absolute Gasteiger partial charge is 0.327 e. The Bertz CT molecular complexity index is 1960. The van der Waals surface area contributed by atoms with Crippen molar-refractivity contribution in [3.8, 4) is 5.75 Å². The van der Waals surface area contributed by atoms with Crippen LogP contribution in [0.1, 0.15) is 79.5 Å². The van der Waals surface area contributed by atoms with Crippen LogP contribution in [0.2, 0.25) is 5.02 Å². The zero-order chi connectivity index (χ0) is 51.0. The Morgan fingerprint density at radius 2 is 1.36 bits per heavy atom. The summed E-state index contributed by atoms with van der Waals surface area (Å²) in [7, 11) is 15.2. The molecule has 0 saturated carbocycles. The standard InChI is InChI=1S/C13H20N2.C11H15NO2.C9H12ClNO.C9H20N2.C8H13N2.C6H9NO/c1-14-13-7-9-15(10-8-13)11-12-5-3-2-4-6-12;1-3-14-11(13)10(12-2)9-7-5-4-6-8-9;1-11-6-7-3-4-9(12-2)8(10)5-7;1-10-6-5-9-11-7-3-2-4-8-11;1-9-7-8-3-5-10(2)6-4-8;1-7-5-6-3-2-4-8-6/h2-6,13-14H,7-11H2,1H3;4-8,10,12H,3H2,1-2H3;3-5,11H,6H2,1-2H3;10H,2-9H2,1H3;3-6,9H,7H2,1-2H3;2-4,7H,5H2,1H3/q;;;;+1;. The Balaban J connectivity index is 0.000000291.